The minimum atomic E-state index is 0. The van der Waals surface area contributed by atoms with Crippen LogP contribution in [0.25, 0.3) is 11.0 Å². The Labute approximate surface area is 183 Å². The van der Waals surface area contributed by atoms with Gasteiger partial charge in [0.05, 0.1) is 28.4 Å². The van der Waals surface area contributed by atoms with Crippen LogP contribution >= 0.6 is 48.2 Å². The number of benzene rings is 1. The number of imidazole rings is 1. The highest BCUT2D eigenvalue weighted by Crippen LogP contribution is 2.33. The molecule has 2 aromatic rings. The topological polar surface area (TPSA) is 55.4 Å². The van der Waals surface area contributed by atoms with Crippen molar-refractivity contribution in [3.05, 3.63) is 17.2 Å². The van der Waals surface area contributed by atoms with Gasteiger partial charge in [-0.2, -0.15) is 0 Å². The molecule has 1 aliphatic rings. The van der Waals surface area contributed by atoms with Gasteiger partial charge >= 0.3 is 0 Å². The van der Waals surface area contributed by atoms with Crippen molar-refractivity contribution in [3.63, 3.8) is 0 Å². The molecular weight excluding hydrogens is 427 g/mol. The van der Waals surface area contributed by atoms with Crippen LogP contribution in [-0.2, 0) is 0 Å². The second-order valence-corrected chi connectivity index (χ2v) is 8.17. The first-order valence-corrected chi connectivity index (χ1v) is 10.3. The zero-order valence-corrected chi connectivity index (χ0v) is 19.0. The Morgan fingerprint density at radius 1 is 1.19 bits per heavy atom. The molecule has 27 heavy (non-hydrogen) atoms. The van der Waals surface area contributed by atoms with Gasteiger partial charge < -0.3 is 15.0 Å². The Morgan fingerprint density at radius 2 is 1.85 bits per heavy atom. The molecule has 0 bridgehead atoms. The van der Waals surface area contributed by atoms with Crippen LogP contribution in [0.1, 0.15) is 26.7 Å². The number of aromatic amines is 1. The summed E-state index contributed by atoms with van der Waals surface area (Å²) in [5, 5.41) is 11.4. The van der Waals surface area contributed by atoms with Gasteiger partial charge in [0.1, 0.15) is 0 Å². The van der Waals surface area contributed by atoms with Gasteiger partial charge in [-0.25, -0.2) is 4.98 Å². The van der Waals surface area contributed by atoms with E-state index >= 15 is 0 Å². The molecule has 1 fully saturated rings. The lowest BCUT2D eigenvalue weighted by atomic mass is 10.2. The van der Waals surface area contributed by atoms with Crippen LogP contribution in [0.3, 0.4) is 0 Å². The van der Waals surface area contributed by atoms with E-state index in [1.165, 1.54) is 0 Å². The normalized spacial score (nSPS) is 15.1. The third-order valence-electron chi connectivity index (χ3n) is 4.85. The number of halogens is 3. The van der Waals surface area contributed by atoms with Crippen molar-refractivity contribution in [1.82, 2.24) is 14.9 Å². The smallest absolute Gasteiger partial charge is 0.166 e. The molecule has 9 heteroatoms. The van der Waals surface area contributed by atoms with Crippen molar-refractivity contribution in [2.45, 2.75) is 37.1 Å². The number of β-amino-alcohol motifs (C(OH)–C–C–N with tert-alkyl or cyclic N) is 1. The predicted octanol–water partition coefficient (Wildman–Crippen LogP) is 4.45. The van der Waals surface area contributed by atoms with Crippen LogP contribution in [0.15, 0.2) is 17.3 Å². The highest BCUT2D eigenvalue weighted by Gasteiger charge is 2.20. The van der Waals surface area contributed by atoms with Gasteiger partial charge in [0.15, 0.2) is 5.16 Å². The summed E-state index contributed by atoms with van der Waals surface area (Å²) in [4.78, 5) is 12.8. The fraction of sp³-hybridized carbons (Fsp3) is 0.611. The maximum Gasteiger partial charge on any atom is 0.166 e. The molecule has 0 spiro atoms. The van der Waals surface area contributed by atoms with Crippen molar-refractivity contribution >= 4 is 64.9 Å². The van der Waals surface area contributed by atoms with Gasteiger partial charge in [-0.15, -0.1) is 24.8 Å². The zero-order chi connectivity index (χ0) is 17.8. The van der Waals surface area contributed by atoms with Gasteiger partial charge in [0.2, 0.25) is 0 Å². The second kappa shape index (κ2) is 11.6. The standard InChI is InChI=1S/C18H27ClN4OS.2ClH/c1-3-13(4-2)25-18-20-15-11-14(19)17(12-16(15)21-18)23-7-5-22(6-8-23)9-10-24;;/h11-13,24H,3-10H2,1-2H3,(H,20,21);2*1H. The molecule has 0 unspecified atom stereocenters. The van der Waals surface area contributed by atoms with Crippen LogP contribution in [0, 0.1) is 0 Å². The molecule has 1 aromatic carbocycles. The highest BCUT2D eigenvalue weighted by molar-refractivity contribution is 7.99. The number of H-pyrrole nitrogens is 1. The van der Waals surface area contributed by atoms with E-state index in [2.05, 4.69) is 34.7 Å². The number of rotatable bonds is 7. The van der Waals surface area contributed by atoms with Crippen molar-refractivity contribution < 1.29 is 5.11 Å². The predicted molar refractivity (Wildman–Crippen MR) is 122 cm³/mol. The van der Waals surface area contributed by atoms with Crippen molar-refractivity contribution in [2.75, 3.05) is 44.2 Å². The molecule has 2 N–H and O–H groups in total. The number of aromatic nitrogens is 2. The SMILES string of the molecule is CCC(CC)Sc1nc2cc(Cl)c(N3CCN(CCO)CC3)cc2[nH]1.Cl.Cl. The lowest BCUT2D eigenvalue weighted by molar-refractivity contribution is 0.189. The molecule has 2 heterocycles. The lowest BCUT2D eigenvalue weighted by Crippen LogP contribution is -2.47. The minimum absolute atomic E-state index is 0. The summed E-state index contributed by atoms with van der Waals surface area (Å²) >= 11 is 8.36. The third kappa shape index (κ3) is 6.05. The third-order valence-corrected chi connectivity index (χ3v) is 6.57. The maximum absolute atomic E-state index is 9.07. The van der Waals surface area contributed by atoms with Gasteiger partial charge in [-0.1, -0.05) is 37.2 Å². The quantitative estimate of drug-likeness (QED) is 0.604. The number of hydrogen-bond acceptors (Lipinski definition) is 5. The number of aliphatic hydroxyl groups excluding tert-OH is 1. The average molecular weight is 456 g/mol. The first-order valence-electron chi connectivity index (χ1n) is 9.08. The molecule has 0 amide bonds. The number of piperazine rings is 1. The van der Waals surface area contributed by atoms with E-state index in [0.29, 0.717) is 5.25 Å². The van der Waals surface area contributed by atoms with E-state index in [9.17, 15) is 0 Å². The number of anilines is 1. The number of nitrogens with one attached hydrogen (secondary N) is 1. The molecule has 0 aliphatic carbocycles. The van der Waals surface area contributed by atoms with Crippen LogP contribution in [0.2, 0.25) is 5.02 Å². The van der Waals surface area contributed by atoms with Crippen molar-refractivity contribution in [2.24, 2.45) is 0 Å². The number of nitrogens with zero attached hydrogens (tertiary/aromatic N) is 3. The Kier molecular flexibility index (Phi) is 10.6. The van der Waals surface area contributed by atoms with E-state index in [1.54, 1.807) is 0 Å². The zero-order valence-electron chi connectivity index (χ0n) is 15.8. The van der Waals surface area contributed by atoms with Gasteiger partial charge in [-0.3, -0.25) is 4.90 Å². The number of fused-ring (bicyclic) bond motifs is 1. The molecule has 1 aromatic heterocycles. The van der Waals surface area contributed by atoms with Crippen molar-refractivity contribution in [1.29, 1.82) is 0 Å². The average Bonchev–Trinajstić information content (AvgIpc) is 3.01. The van der Waals surface area contributed by atoms with Crippen LogP contribution in [0.4, 0.5) is 5.69 Å². The summed E-state index contributed by atoms with van der Waals surface area (Å²) in [5.41, 5.74) is 3.05. The van der Waals surface area contributed by atoms with E-state index in [1.807, 2.05) is 17.8 Å². The van der Waals surface area contributed by atoms with Crippen LogP contribution in [0.5, 0.6) is 0 Å². The Bertz CT molecular complexity index is 703. The van der Waals surface area contributed by atoms with E-state index in [-0.39, 0.29) is 31.4 Å². The van der Waals surface area contributed by atoms with Gasteiger partial charge in [-0.05, 0) is 25.0 Å². The molecule has 1 aliphatic heterocycles. The summed E-state index contributed by atoms with van der Waals surface area (Å²) < 4.78 is 0. The molecular formula is C18H29Cl3N4OS. The first-order chi connectivity index (χ1) is 12.1. The van der Waals surface area contributed by atoms with Gasteiger partial charge in [0, 0.05) is 38.0 Å². The Hall–Kier alpha value is -0.370. The molecule has 5 nitrogen and oxygen atoms in total. The number of hydrogen-bond donors (Lipinski definition) is 2. The van der Waals surface area contributed by atoms with Crippen LogP contribution < -0.4 is 4.90 Å². The van der Waals surface area contributed by atoms with E-state index in [0.717, 1.165) is 72.5 Å². The maximum atomic E-state index is 9.07. The minimum Gasteiger partial charge on any atom is -0.395 e. The lowest BCUT2D eigenvalue weighted by Gasteiger charge is -2.36. The first kappa shape index (κ1) is 24.7. The van der Waals surface area contributed by atoms with Gasteiger partial charge in [0.25, 0.3) is 0 Å². The molecule has 154 valence electrons. The molecule has 0 saturated carbocycles. The number of aliphatic hydroxyl groups is 1. The van der Waals surface area contributed by atoms with Crippen molar-refractivity contribution in [3.8, 4) is 0 Å². The molecule has 0 atom stereocenters. The highest BCUT2D eigenvalue weighted by atomic mass is 35.5. The Balaban J connectivity index is 0.00000182. The number of thioether (sulfide) groups is 1. The summed E-state index contributed by atoms with van der Waals surface area (Å²) in [6.07, 6.45) is 2.28. The van der Waals surface area contributed by atoms with E-state index in [4.69, 9.17) is 21.7 Å². The largest absolute Gasteiger partial charge is 0.395 e. The van der Waals surface area contributed by atoms with Crippen LogP contribution in [-0.4, -0.2) is 64.6 Å². The fourth-order valence-corrected chi connectivity index (χ4v) is 4.51. The monoisotopic (exact) mass is 454 g/mol. The molecule has 1 saturated heterocycles. The Morgan fingerprint density at radius 3 is 2.44 bits per heavy atom. The summed E-state index contributed by atoms with van der Waals surface area (Å²) in [6, 6.07) is 4.10. The summed E-state index contributed by atoms with van der Waals surface area (Å²) in [5.74, 6) is 0. The summed E-state index contributed by atoms with van der Waals surface area (Å²) in [7, 11) is 0. The fourth-order valence-electron chi connectivity index (χ4n) is 3.26. The molecule has 3 rings (SSSR count). The van der Waals surface area contributed by atoms with E-state index < -0.39 is 0 Å². The summed E-state index contributed by atoms with van der Waals surface area (Å²) in [6.45, 7) is 9.16. The second-order valence-electron chi connectivity index (χ2n) is 6.47. The molecule has 0 radical (unpaired) electrons.